The molecule has 0 fully saturated rings. The van der Waals surface area contributed by atoms with Gasteiger partial charge in [0.05, 0.1) is 0 Å². The van der Waals surface area contributed by atoms with E-state index in [4.69, 9.17) is 27.4 Å². The Kier molecular flexibility index (Phi) is 4.12. The Hall–Kier alpha value is -2.48. The van der Waals surface area contributed by atoms with Gasteiger partial charge < -0.3 is 5.32 Å². The van der Waals surface area contributed by atoms with Crippen LogP contribution in [0, 0.1) is 40.9 Å². The lowest BCUT2D eigenvalue weighted by molar-refractivity contribution is 1.35. The second-order valence-electron chi connectivity index (χ2n) is 3.17. The molecule has 82 valence electrons. The van der Waals surface area contributed by atoms with Crippen LogP contribution >= 0.6 is 11.6 Å². The minimum absolute atomic E-state index is 0.0830. The normalized spacial score (nSPS) is 8.41. The Morgan fingerprint density at radius 1 is 1.18 bits per heavy atom. The van der Waals surface area contributed by atoms with E-state index in [0.29, 0.717) is 10.7 Å². The molecule has 0 saturated carbocycles. The first-order valence-corrected chi connectivity index (χ1v) is 4.98. The minimum atomic E-state index is -0.258. The molecule has 4 nitrogen and oxygen atoms in total. The number of rotatable bonds is 2. The summed E-state index contributed by atoms with van der Waals surface area (Å²) in [7, 11) is 0. The Balaban J connectivity index is 3.20. The van der Waals surface area contributed by atoms with Gasteiger partial charge in [0, 0.05) is 10.7 Å². The molecule has 0 aromatic heterocycles. The van der Waals surface area contributed by atoms with Crippen molar-refractivity contribution in [1.29, 1.82) is 15.8 Å². The molecule has 1 aromatic carbocycles. The molecule has 1 aromatic rings. The highest BCUT2D eigenvalue weighted by molar-refractivity contribution is 6.30. The first-order valence-electron chi connectivity index (χ1n) is 4.60. The lowest BCUT2D eigenvalue weighted by atomic mass is 10.2. The molecular formula is C12H7ClN4. The molecule has 5 heteroatoms. The van der Waals surface area contributed by atoms with Gasteiger partial charge in [0.25, 0.3) is 0 Å². The van der Waals surface area contributed by atoms with Crippen LogP contribution in [-0.2, 0) is 0 Å². The first-order chi connectivity index (χ1) is 8.12. The summed E-state index contributed by atoms with van der Waals surface area (Å²) in [5.41, 5.74) is 1.11. The van der Waals surface area contributed by atoms with Crippen molar-refractivity contribution >= 4 is 17.3 Å². The van der Waals surface area contributed by atoms with E-state index in [0.717, 1.165) is 5.56 Å². The molecule has 0 amide bonds. The standard InChI is InChI=1S/C12H7ClN4/c1-8-2-3-10(13)4-11(8)17-12(7-16)9(5-14)6-15/h2-4,17H,1H3. The van der Waals surface area contributed by atoms with E-state index in [2.05, 4.69) is 5.32 Å². The maximum Gasteiger partial charge on any atom is 0.163 e. The molecular weight excluding hydrogens is 236 g/mol. The predicted molar refractivity (Wildman–Crippen MR) is 63.7 cm³/mol. The Labute approximate surface area is 104 Å². The van der Waals surface area contributed by atoms with Crippen LogP contribution in [-0.4, -0.2) is 0 Å². The quantitative estimate of drug-likeness (QED) is 0.808. The molecule has 1 rings (SSSR count). The van der Waals surface area contributed by atoms with E-state index >= 15 is 0 Å². The van der Waals surface area contributed by atoms with Crippen molar-refractivity contribution in [3.63, 3.8) is 0 Å². The second-order valence-corrected chi connectivity index (χ2v) is 3.61. The van der Waals surface area contributed by atoms with Gasteiger partial charge in [0.1, 0.15) is 23.9 Å². The third-order valence-electron chi connectivity index (χ3n) is 2.04. The number of nitrogens with one attached hydrogen (secondary N) is 1. The van der Waals surface area contributed by atoms with Crippen LogP contribution in [0.3, 0.4) is 0 Å². The minimum Gasteiger partial charge on any atom is -0.345 e. The molecule has 1 N–H and O–H groups in total. The number of anilines is 1. The number of nitrogens with zero attached hydrogens (tertiary/aromatic N) is 3. The van der Waals surface area contributed by atoms with E-state index in [-0.39, 0.29) is 11.3 Å². The lowest BCUT2D eigenvalue weighted by Gasteiger charge is -2.08. The zero-order valence-electron chi connectivity index (χ0n) is 8.95. The molecule has 0 saturated heterocycles. The molecule has 0 atom stereocenters. The van der Waals surface area contributed by atoms with Gasteiger partial charge in [-0.1, -0.05) is 17.7 Å². The summed E-state index contributed by atoms with van der Waals surface area (Å²) in [4.78, 5) is 0. The number of nitriles is 3. The van der Waals surface area contributed by atoms with Gasteiger partial charge in [-0.3, -0.25) is 0 Å². The highest BCUT2D eigenvalue weighted by atomic mass is 35.5. The maximum atomic E-state index is 8.87. The van der Waals surface area contributed by atoms with Crippen molar-refractivity contribution in [1.82, 2.24) is 0 Å². The van der Waals surface area contributed by atoms with Gasteiger partial charge in [-0.15, -0.1) is 0 Å². The predicted octanol–water partition coefficient (Wildman–Crippen LogP) is 2.89. The van der Waals surface area contributed by atoms with E-state index in [9.17, 15) is 0 Å². The number of hydrogen-bond donors (Lipinski definition) is 1. The van der Waals surface area contributed by atoms with Gasteiger partial charge in [-0.25, -0.2) is 0 Å². The SMILES string of the molecule is Cc1ccc(Cl)cc1NC(C#N)=C(C#N)C#N. The van der Waals surface area contributed by atoms with Crippen LogP contribution in [0.5, 0.6) is 0 Å². The van der Waals surface area contributed by atoms with Gasteiger partial charge in [0.15, 0.2) is 5.57 Å². The number of benzene rings is 1. The average Bonchev–Trinajstić information content (AvgIpc) is 2.33. The van der Waals surface area contributed by atoms with Crippen LogP contribution in [0.2, 0.25) is 5.02 Å². The van der Waals surface area contributed by atoms with Crippen molar-refractivity contribution < 1.29 is 0 Å². The van der Waals surface area contributed by atoms with E-state index in [1.807, 2.05) is 6.92 Å². The summed E-state index contributed by atoms with van der Waals surface area (Å²) < 4.78 is 0. The highest BCUT2D eigenvalue weighted by Gasteiger charge is 2.07. The Bertz CT molecular complexity index is 580. The van der Waals surface area contributed by atoms with Crippen LogP contribution in [0.25, 0.3) is 0 Å². The van der Waals surface area contributed by atoms with Gasteiger partial charge in [-0.05, 0) is 24.6 Å². The zero-order chi connectivity index (χ0) is 12.8. The molecule has 0 unspecified atom stereocenters. The van der Waals surface area contributed by atoms with Gasteiger partial charge in [0.2, 0.25) is 0 Å². The molecule has 0 bridgehead atoms. The van der Waals surface area contributed by atoms with Crippen molar-refractivity contribution in [2.45, 2.75) is 6.92 Å². The fourth-order valence-electron chi connectivity index (χ4n) is 1.15. The molecule has 0 aliphatic heterocycles. The van der Waals surface area contributed by atoms with Crippen molar-refractivity contribution in [2.24, 2.45) is 0 Å². The molecule has 17 heavy (non-hydrogen) atoms. The van der Waals surface area contributed by atoms with E-state index < -0.39 is 0 Å². The molecule has 0 aliphatic carbocycles. The largest absolute Gasteiger partial charge is 0.345 e. The molecule has 0 aliphatic rings. The molecule has 0 heterocycles. The number of halogens is 1. The smallest absolute Gasteiger partial charge is 0.163 e. The zero-order valence-corrected chi connectivity index (χ0v) is 9.71. The topological polar surface area (TPSA) is 83.4 Å². The van der Waals surface area contributed by atoms with Crippen molar-refractivity contribution in [3.05, 3.63) is 40.1 Å². The number of aryl methyl sites for hydroxylation is 1. The highest BCUT2D eigenvalue weighted by Crippen LogP contribution is 2.22. The fourth-order valence-corrected chi connectivity index (χ4v) is 1.32. The molecule has 0 spiro atoms. The summed E-state index contributed by atoms with van der Waals surface area (Å²) in [6.45, 7) is 1.83. The average molecular weight is 243 g/mol. The van der Waals surface area contributed by atoms with Gasteiger partial charge >= 0.3 is 0 Å². The summed E-state index contributed by atoms with van der Waals surface area (Å²) in [5, 5.41) is 29.5. The number of allylic oxidation sites excluding steroid dienone is 2. The van der Waals surface area contributed by atoms with Crippen LogP contribution in [0.1, 0.15) is 5.56 Å². The maximum absolute atomic E-state index is 8.87. The summed E-state index contributed by atoms with van der Waals surface area (Å²) >= 11 is 5.82. The van der Waals surface area contributed by atoms with Crippen molar-refractivity contribution in [3.8, 4) is 18.2 Å². The monoisotopic (exact) mass is 242 g/mol. The summed E-state index contributed by atoms with van der Waals surface area (Å²) in [6, 6.07) is 10.2. The first kappa shape index (κ1) is 12.6. The Morgan fingerprint density at radius 2 is 1.82 bits per heavy atom. The van der Waals surface area contributed by atoms with Crippen molar-refractivity contribution in [2.75, 3.05) is 5.32 Å². The van der Waals surface area contributed by atoms with E-state index in [1.165, 1.54) is 0 Å². The van der Waals surface area contributed by atoms with E-state index in [1.54, 1.807) is 36.4 Å². The third-order valence-corrected chi connectivity index (χ3v) is 2.28. The Morgan fingerprint density at radius 3 is 2.35 bits per heavy atom. The lowest BCUT2D eigenvalue weighted by Crippen LogP contribution is -2.02. The van der Waals surface area contributed by atoms with Crippen LogP contribution in [0.15, 0.2) is 29.5 Å². The summed E-state index contributed by atoms with van der Waals surface area (Å²) in [6.07, 6.45) is 0. The van der Waals surface area contributed by atoms with Crippen LogP contribution < -0.4 is 5.32 Å². The fraction of sp³-hybridized carbons (Fsp3) is 0.0833. The molecule has 0 radical (unpaired) electrons. The van der Waals surface area contributed by atoms with Gasteiger partial charge in [-0.2, -0.15) is 15.8 Å². The summed E-state index contributed by atoms with van der Waals surface area (Å²) in [5.74, 6) is 0. The second kappa shape index (κ2) is 5.56. The van der Waals surface area contributed by atoms with Crippen LogP contribution in [0.4, 0.5) is 5.69 Å². The number of hydrogen-bond acceptors (Lipinski definition) is 4. The third kappa shape index (κ3) is 2.98.